The fourth-order valence-corrected chi connectivity index (χ4v) is 2.32. The quantitative estimate of drug-likeness (QED) is 0.861. The molecular formula is C12H15FN2O3. The van der Waals surface area contributed by atoms with Crippen molar-refractivity contribution in [3.63, 3.8) is 0 Å². The van der Waals surface area contributed by atoms with Crippen molar-refractivity contribution in [2.45, 2.75) is 12.5 Å². The number of carboxylic acid groups (broad SMARTS) is 1. The highest BCUT2D eigenvalue weighted by Gasteiger charge is 2.25. The summed E-state index contributed by atoms with van der Waals surface area (Å²) < 4.78 is 13.7. The van der Waals surface area contributed by atoms with Gasteiger partial charge in [-0.25, -0.2) is 9.18 Å². The van der Waals surface area contributed by atoms with Crippen LogP contribution in [0, 0.1) is 0 Å². The molecular weight excluding hydrogens is 239 g/mol. The Balaban J connectivity index is 2.22. The number of carbonyl (C=O) groups is 1. The van der Waals surface area contributed by atoms with E-state index < -0.39 is 18.2 Å². The van der Waals surface area contributed by atoms with E-state index in [9.17, 15) is 14.0 Å². The van der Waals surface area contributed by atoms with E-state index in [1.54, 1.807) is 12.3 Å². The fraction of sp³-hybridized carbons (Fsp3) is 0.500. The molecule has 0 radical (unpaired) electrons. The minimum Gasteiger partial charge on any atom is -0.477 e. The number of rotatable bonds is 4. The summed E-state index contributed by atoms with van der Waals surface area (Å²) in [6.07, 6.45) is 2.33. The van der Waals surface area contributed by atoms with Gasteiger partial charge in [0.1, 0.15) is 12.2 Å². The van der Waals surface area contributed by atoms with Crippen LogP contribution >= 0.6 is 0 Å². The van der Waals surface area contributed by atoms with E-state index in [4.69, 9.17) is 5.11 Å². The smallest absolute Gasteiger partial charge is 0.341 e. The average molecular weight is 254 g/mol. The van der Waals surface area contributed by atoms with Gasteiger partial charge in [-0.2, -0.15) is 0 Å². The van der Waals surface area contributed by atoms with E-state index >= 15 is 0 Å². The molecule has 0 amide bonds. The van der Waals surface area contributed by atoms with Gasteiger partial charge in [0.25, 0.3) is 5.56 Å². The molecule has 1 aliphatic rings. The van der Waals surface area contributed by atoms with Gasteiger partial charge in [0.2, 0.25) is 0 Å². The number of hydrogen-bond donors (Lipinski definition) is 1. The molecule has 1 atom stereocenters. The minimum absolute atomic E-state index is 0.0663. The molecule has 1 N–H and O–H groups in total. The van der Waals surface area contributed by atoms with Crippen LogP contribution in [0.25, 0.3) is 0 Å². The van der Waals surface area contributed by atoms with Crippen LogP contribution in [0.5, 0.6) is 0 Å². The van der Waals surface area contributed by atoms with Crippen molar-refractivity contribution in [3.8, 4) is 0 Å². The Hall–Kier alpha value is -1.69. The van der Waals surface area contributed by atoms with Gasteiger partial charge in [-0.15, -0.1) is 0 Å². The minimum atomic E-state index is -1.21. The molecule has 2 rings (SSSR count). The summed E-state index contributed by atoms with van der Waals surface area (Å²) in [5.41, 5.74) is -0.710. The zero-order valence-electron chi connectivity index (χ0n) is 9.88. The van der Waals surface area contributed by atoms with Gasteiger partial charge in [-0.3, -0.25) is 9.69 Å². The summed E-state index contributed by atoms with van der Waals surface area (Å²) >= 11 is 0. The molecule has 0 spiro atoms. The monoisotopic (exact) mass is 254 g/mol. The van der Waals surface area contributed by atoms with Crippen LogP contribution in [-0.2, 0) is 0 Å². The molecule has 1 aromatic rings. The second-order valence-electron chi connectivity index (χ2n) is 4.37. The first-order chi connectivity index (χ1) is 8.63. The molecule has 0 saturated carbocycles. The van der Waals surface area contributed by atoms with Crippen LogP contribution in [0.15, 0.2) is 23.1 Å². The third kappa shape index (κ3) is 2.43. The summed E-state index contributed by atoms with van der Waals surface area (Å²) in [7, 11) is 0. The van der Waals surface area contributed by atoms with E-state index in [0.29, 0.717) is 13.1 Å². The van der Waals surface area contributed by atoms with E-state index in [0.717, 1.165) is 13.0 Å². The molecule has 0 unspecified atom stereocenters. The second-order valence-corrected chi connectivity index (χ2v) is 4.37. The Bertz CT molecular complexity index is 500. The summed E-state index contributed by atoms with van der Waals surface area (Å²) in [6, 6.07) is 2.79. The molecule has 0 aromatic carbocycles. The molecule has 1 saturated heterocycles. The zero-order chi connectivity index (χ0) is 13.1. The lowest BCUT2D eigenvalue weighted by Crippen LogP contribution is -2.31. The summed E-state index contributed by atoms with van der Waals surface area (Å²) in [4.78, 5) is 24.8. The van der Waals surface area contributed by atoms with Crippen molar-refractivity contribution in [2.75, 3.05) is 26.3 Å². The number of nitrogens with zero attached hydrogens (tertiary/aromatic N) is 2. The molecule has 0 aliphatic carbocycles. The van der Waals surface area contributed by atoms with Gasteiger partial charge in [-0.05, 0) is 18.6 Å². The number of pyridine rings is 1. The normalized spacial score (nSPS) is 20.2. The fourth-order valence-electron chi connectivity index (χ4n) is 2.32. The van der Waals surface area contributed by atoms with E-state index in [2.05, 4.69) is 0 Å². The molecule has 0 bridgehead atoms. The van der Waals surface area contributed by atoms with Gasteiger partial charge in [0, 0.05) is 25.8 Å². The second kappa shape index (κ2) is 5.30. The molecule has 1 aromatic heterocycles. The zero-order valence-corrected chi connectivity index (χ0v) is 9.88. The van der Waals surface area contributed by atoms with Crippen LogP contribution in [0.2, 0.25) is 0 Å². The Kier molecular flexibility index (Phi) is 3.76. The summed E-state index contributed by atoms with van der Waals surface area (Å²) in [5, 5.41) is 8.90. The standard InChI is InChI=1S/C12H15FN2O3/c13-4-7-14-6-3-9(8-14)15-5-1-2-10(11(15)16)12(17)18/h1-2,5,9H,3-4,6-8H2,(H,17,18)/t9-/m0/s1. The maximum Gasteiger partial charge on any atom is 0.341 e. The van der Waals surface area contributed by atoms with Gasteiger partial charge < -0.3 is 9.67 Å². The van der Waals surface area contributed by atoms with Gasteiger partial charge >= 0.3 is 5.97 Å². The SMILES string of the molecule is O=C(O)c1cccn([C@H]2CCN(CCF)C2)c1=O. The summed E-state index contributed by atoms with van der Waals surface area (Å²) in [6.45, 7) is 1.28. The average Bonchev–Trinajstić information content (AvgIpc) is 2.78. The van der Waals surface area contributed by atoms with Gasteiger partial charge in [0.15, 0.2) is 0 Å². The van der Waals surface area contributed by atoms with Crippen molar-refractivity contribution < 1.29 is 14.3 Å². The summed E-state index contributed by atoms with van der Waals surface area (Å²) in [5.74, 6) is -1.21. The number of likely N-dealkylation sites (tertiary alicyclic amines) is 1. The molecule has 5 nitrogen and oxygen atoms in total. The van der Waals surface area contributed by atoms with Gasteiger partial charge in [0.05, 0.1) is 6.04 Å². The predicted molar refractivity (Wildman–Crippen MR) is 63.7 cm³/mol. The van der Waals surface area contributed by atoms with Crippen molar-refractivity contribution in [2.24, 2.45) is 0 Å². The molecule has 18 heavy (non-hydrogen) atoms. The topological polar surface area (TPSA) is 62.5 Å². The first kappa shape index (κ1) is 12.8. The lowest BCUT2D eigenvalue weighted by molar-refractivity contribution is 0.0694. The van der Waals surface area contributed by atoms with Crippen LogP contribution < -0.4 is 5.56 Å². The van der Waals surface area contributed by atoms with Crippen LogP contribution in [0.3, 0.4) is 0 Å². The maximum atomic E-state index is 12.2. The Morgan fingerprint density at radius 3 is 3.00 bits per heavy atom. The lowest BCUT2D eigenvalue weighted by Gasteiger charge is -2.16. The molecule has 6 heteroatoms. The van der Waals surface area contributed by atoms with E-state index in [-0.39, 0.29) is 11.6 Å². The first-order valence-corrected chi connectivity index (χ1v) is 5.86. The lowest BCUT2D eigenvalue weighted by atomic mass is 10.2. The van der Waals surface area contributed by atoms with Crippen molar-refractivity contribution in [1.82, 2.24) is 9.47 Å². The highest BCUT2D eigenvalue weighted by molar-refractivity contribution is 5.86. The molecule has 98 valence electrons. The number of alkyl halides is 1. The van der Waals surface area contributed by atoms with Crippen LogP contribution in [0.1, 0.15) is 22.8 Å². The number of halogens is 1. The van der Waals surface area contributed by atoms with E-state index in [1.807, 2.05) is 4.90 Å². The van der Waals surface area contributed by atoms with Crippen molar-refractivity contribution in [1.29, 1.82) is 0 Å². The maximum absolute atomic E-state index is 12.2. The highest BCUT2D eigenvalue weighted by atomic mass is 19.1. The Labute approximate surface area is 103 Å². The third-order valence-corrected chi connectivity index (χ3v) is 3.25. The number of carboxylic acids is 1. The Morgan fingerprint density at radius 1 is 1.56 bits per heavy atom. The number of aromatic nitrogens is 1. The van der Waals surface area contributed by atoms with Gasteiger partial charge in [-0.1, -0.05) is 0 Å². The first-order valence-electron chi connectivity index (χ1n) is 5.86. The predicted octanol–water partition coefficient (Wildman–Crippen LogP) is 0.763. The van der Waals surface area contributed by atoms with Crippen LogP contribution in [0.4, 0.5) is 4.39 Å². The van der Waals surface area contributed by atoms with Crippen molar-refractivity contribution >= 4 is 5.97 Å². The van der Waals surface area contributed by atoms with E-state index in [1.165, 1.54) is 10.6 Å². The highest BCUT2D eigenvalue weighted by Crippen LogP contribution is 2.19. The molecule has 2 heterocycles. The number of hydrogen-bond acceptors (Lipinski definition) is 3. The largest absolute Gasteiger partial charge is 0.477 e. The number of aromatic carboxylic acids is 1. The molecule has 1 fully saturated rings. The third-order valence-electron chi connectivity index (χ3n) is 3.25. The Morgan fingerprint density at radius 2 is 2.33 bits per heavy atom. The molecule has 1 aliphatic heterocycles. The van der Waals surface area contributed by atoms with Crippen molar-refractivity contribution in [3.05, 3.63) is 34.2 Å². The van der Waals surface area contributed by atoms with Crippen LogP contribution in [-0.4, -0.2) is 46.9 Å².